The number of benzene rings is 1. The van der Waals surface area contributed by atoms with E-state index >= 15 is 0 Å². The van der Waals surface area contributed by atoms with Crippen molar-refractivity contribution < 1.29 is 18.0 Å². The zero-order valence-electron chi connectivity index (χ0n) is 18.4. The van der Waals surface area contributed by atoms with E-state index in [1.54, 1.807) is 27.7 Å². The number of piperazine rings is 1. The highest BCUT2D eigenvalue weighted by molar-refractivity contribution is 7.90. The third kappa shape index (κ3) is 6.98. The average Bonchev–Trinajstić information content (AvgIpc) is 2.67. The molecular weight excluding hydrogens is 404 g/mol. The molecule has 2 rings (SSSR count). The molecule has 0 aliphatic carbocycles. The number of hydrogen-bond acceptors (Lipinski definition) is 5. The second kappa shape index (κ2) is 10.3. The van der Waals surface area contributed by atoms with Crippen molar-refractivity contribution in [3.8, 4) is 0 Å². The summed E-state index contributed by atoms with van der Waals surface area (Å²) in [6.45, 7) is 9.92. The summed E-state index contributed by atoms with van der Waals surface area (Å²) in [5, 5.41) is 2.88. The summed E-state index contributed by atoms with van der Waals surface area (Å²) in [7, 11) is -3.34. The van der Waals surface area contributed by atoms with Gasteiger partial charge in [0.05, 0.1) is 4.75 Å². The van der Waals surface area contributed by atoms with Crippen molar-refractivity contribution >= 4 is 33.2 Å². The molecule has 0 bridgehead atoms. The van der Waals surface area contributed by atoms with Gasteiger partial charge in [0.1, 0.15) is 0 Å². The van der Waals surface area contributed by atoms with Crippen molar-refractivity contribution in [2.75, 3.05) is 42.9 Å². The Labute approximate surface area is 180 Å². The molecule has 168 valence electrons. The summed E-state index contributed by atoms with van der Waals surface area (Å²) >= 11 is 0. The maximum atomic E-state index is 12.1. The molecule has 0 aromatic heterocycles. The van der Waals surface area contributed by atoms with E-state index in [0.29, 0.717) is 25.8 Å². The Morgan fingerprint density at radius 1 is 1.00 bits per heavy atom. The fraction of sp³-hybridized carbons (Fsp3) is 0.619. The number of carbonyl (C=O) groups is 2. The van der Waals surface area contributed by atoms with Crippen LogP contribution < -0.4 is 14.9 Å². The van der Waals surface area contributed by atoms with Gasteiger partial charge in [-0.2, -0.15) is 0 Å². The Kier molecular flexibility index (Phi) is 8.25. The molecule has 1 aromatic carbocycles. The minimum Gasteiger partial charge on any atom is -0.368 e. The maximum Gasteiger partial charge on any atom is 0.224 e. The number of amides is 2. The van der Waals surface area contributed by atoms with Crippen LogP contribution in [0.2, 0.25) is 0 Å². The molecule has 1 aromatic rings. The Balaban J connectivity index is 1.70. The number of nitrogens with one attached hydrogen (secondary N) is 2. The van der Waals surface area contributed by atoms with Crippen LogP contribution in [0.25, 0.3) is 0 Å². The number of nitrogens with zero attached hydrogens (tertiary/aromatic N) is 2. The van der Waals surface area contributed by atoms with Crippen LogP contribution in [0, 0.1) is 0 Å². The summed E-state index contributed by atoms with van der Waals surface area (Å²) in [4.78, 5) is 27.6. The van der Waals surface area contributed by atoms with Crippen LogP contribution in [0.3, 0.4) is 0 Å². The van der Waals surface area contributed by atoms with E-state index in [1.807, 2.05) is 29.2 Å². The number of rotatable bonds is 8. The fourth-order valence-electron chi connectivity index (χ4n) is 3.09. The van der Waals surface area contributed by atoms with Crippen LogP contribution in [-0.2, 0) is 19.6 Å². The van der Waals surface area contributed by atoms with E-state index < -0.39 is 14.8 Å². The second-order valence-corrected chi connectivity index (χ2v) is 11.1. The molecule has 2 N–H and O–H groups in total. The lowest BCUT2D eigenvalue weighted by atomic mass is 10.2. The van der Waals surface area contributed by atoms with Crippen LogP contribution in [0.4, 0.5) is 11.4 Å². The van der Waals surface area contributed by atoms with Crippen molar-refractivity contribution in [2.24, 2.45) is 0 Å². The predicted molar refractivity (Wildman–Crippen MR) is 120 cm³/mol. The second-order valence-electron chi connectivity index (χ2n) is 8.56. The minimum absolute atomic E-state index is 0.0866. The van der Waals surface area contributed by atoms with Crippen LogP contribution in [0.5, 0.6) is 0 Å². The molecule has 1 aliphatic rings. The molecule has 0 atom stereocenters. The SMILES string of the molecule is CC(=O)N1CCN(c2ccc(NC(=O)CCCCNS(=O)(=O)C(C)(C)C)cc2)CC1. The predicted octanol–water partition coefficient (Wildman–Crippen LogP) is 2.18. The first-order valence-corrected chi connectivity index (χ1v) is 11.9. The van der Waals surface area contributed by atoms with Gasteiger partial charge in [0.2, 0.25) is 21.8 Å². The van der Waals surface area contributed by atoms with Crippen LogP contribution >= 0.6 is 0 Å². The summed E-state index contributed by atoms with van der Waals surface area (Å²) in [6.07, 6.45) is 1.55. The molecule has 1 heterocycles. The van der Waals surface area contributed by atoms with Crippen molar-refractivity contribution in [2.45, 2.75) is 51.7 Å². The van der Waals surface area contributed by atoms with E-state index in [0.717, 1.165) is 37.6 Å². The molecule has 1 saturated heterocycles. The average molecular weight is 439 g/mol. The minimum atomic E-state index is -3.34. The van der Waals surface area contributed by atoms with E-state index in [2.05, 4.69) is 14.9 Å². The Morgan fingerprint density at radius 2 is 1.60 bits per heavy atom. The van der Waals surface area contributed by atoms with Gasteiger partial charge in [0.15, 0.2) is 0 Å². The van der Waals surface area contributed by atoms with Gasteiger partial charge in [-0.25, -0.2) is 13.1 Å². The number of unbranched alkanes of at least 4 members (excludes halogenated alkanes) is 1. The molecule has 0 unspecified atom stereocenters. The van der Waals surface area contributed by atoms with Crippen molar-refractivity contribution in [3.63, 3.8) is 0 Å². The molecule has 9 heteroatoms. The third-order valence-electron chi connectivity index (χ3n) is 5.17. The summed E-state index contributed by atoms with van der Waals surface area (Å²) in [5.74, 6) is 0.0239. The van der Waals surface area contributed by atoms with Gasteiger partial charge in [-0.3, -0.25) is 9.59 Å². The van der Waals surface area contributed by atoms with Crippen molar-refractivity contribution in [1.29, 1.82) is 0 Å². The molecule has 1 aliphatic heterocycles. The van der Waals surface area contributed by atoms with Crippen molar-refractivity contribution in [3.05, 3.63) is 24.3 Å². The molecule has 0 saturated carbocycles. The molecule has 8 nitrogen and oxygen atoms in total. The highest BCUT2D eigenvalue weighted by atomic mass is 32.2. The quantitative estimate of drug-likeness (QED) is 0.606. The molecule has 0 spiro atoms. The number of hydrogen-bond donors (Lipinski definition) is 2. The van der Waals surface area contributed by atoms with Gasteiger partial charge in [0.25, 0.3) is 0 Å². The number of carbonyl (C=O) groups excluding carboxylic acids is 2. The first-order valence-electron chi connectivity index (χ1n) is 10.4. The van der Waals surface area contributed by atoms with E-state index in [9.17, 15) is 18.0 Å². The van der Waals surface area contributed by atoms with E-state index in [-0.39, 0.29) is 11.8 Å². The van der Waals surface area contributed by atoms with Gasteiger partial charge in [0, 0.05) is 57.4 Å². The zero-order chi connectivity index (χ0) is 22.4. The number of anilines is 2. The molecule has 30 heavy (non-hydrogen) atoms. The van der Waals surface area contributed by atoms with Crippen molar-refractivity contribution in [1.82, 2.24) is 9.62 Å². The summed E-state index contributed by atoms with van der Waals surface area (Å²) in [6, 6.07) is 7.70. The van der Waals surface area contributed by atoms with E-state index in [4.69, 9.17) is 0 Å². The highest BCUT2D eigenvalue weighted by Gasteiger charge is 2.28. The highest BCUT2D eigenvalue weighted by Crippen LogP contribution is 2.20. The van der Waals surface area contributed by atoms with Gasteiger partial charge in [-0.15, -0.1) is 0 Å². The molecule has 0 radical (unpaired) electrons. The Morgan fingerprint density at radius 3 is 2.13 bits per heavy atom. The summed E-state index contributed by atoms with van der Waals surface area (Å²) < 4.78 is 25.7. The van der Waals surface area contributed by atoms with Gasteiger partial charge in [-0.05, 0) is 57.9 Å². The Hall–Kier alpha value is -2.13. The van der Waals surface area contributed by atoms with E-state index in [1.165, 1.54) is 0 Å². The smallest absolute Gasteiger partial charge is 0.224 e. The van der Waals surface area contributed by atoms with Gasteiger partial charge >= 0.3 is 0 Å². The molecule has 1 fully saturated rings. The van der Waals surface area contributed by atoms with Crippen LogP contribution in [0.15, 0.2) is 24.3 Å². The lowest BCUT2D eigenvalue weighted by Crippen LogP contribution is -2.48. The first-order chi connectivity index (χ1) is 14.0. The van der Waals surface area contributed by atoms with Gasteiger partial charge < -0.3 is 15.1 Å². The topological polar surface area (TPSA) is 98.8 Å². The third-order valence-corrected chi connectivity index (χ3v) is 7.37. The zero-order valence-corrected chi connectivity index (χ0v) is 19.2. The molecular formula is C21H34N4O4S. The Bertz CT molecular complexity index is 824. The largest absolute Gasteiger partial charge is 0.368 e. The van der Waals surface area contributed by atoms with Crippen LogP contribution in [-0.4, -0.2) is 62.6 Å². The summed E-state index contributed by atoms with van der Waals surface area (Å²) in [5.41, 5.74) is 1.81. The van der Waals surface area contributed by atoms with Gasteiger partial charge in [-0.1, -0.05) is 0 Å². The lowest BCUT2D eigenvalue weighted by molar-refractivity contribution is -0.129. The number of sulfonamides is 1. The lowest BCUT2D eigenvalue weighted by Gasteiger charge is -2.35. The maximum absolute atomic E-state index is 12.1. The first kappa shape index (κ1) is 24.1. The fourth-order valence-corrected chi connectivity index (χ4v) is 3.94. The normalized spacial score (nSPS) is 15.2. The molecule has 2 amide bonds. The monoisotopic (exact) mass is 438 g/mol. The van der Waals surface area contributed by atoms with Crippen LogP contribution in [0.1, 0.15) is 47.0 Å². The standard InChI is InChI=1S/C21H34N4O4S/c1-17(26)24-13-15-25(16-14-24)19-10-8-18(9-11-19)23-20(27)7-5-6-12-22-30(28,29)21(2,3)4/h8-11,22H,5-7,12-16H2,1-4H3,(H,23,27).